The van der Waals surface area contributed by atoms with Crippen LogP contribution in [0.1, 0.15) is 23.7 Å². The van der Waals surface area contributed by atoms with E-state index in [-0.39, 0.29) is 0 Å². The molecule has 0 spiro atoms. The normalized spacial score (nSPS) is 14.9. The zero-order valence-corrected chi connectivity index (χ0v) is 13.4. The molecule has 114 valence electrons. The Balaban J connectivity index is 3.08. The summed E-state index contributed by atoms with van der Waals surface area (Å²) in [5.41, 5.74) is 5.22. The molecule has 1 aromatic rings. The summed E-state index contributed by atoms with van der Waals surface area (Å²) < 4.78 is 28.6. The number of hydrogen-bond donors (Lipinski definition) is 2. The van der Waals surface area contributed by atoms with Crippen LogP contribution in [0.25, 0.3) is 0 Å². The zero-order chi connectivity index (χ0) is 15.5. The molecule has 0 saturated heterocycles. The molecule has 2 unspecified atom stereocenters. The lowest BCUT2D eigenvalue weighted by Crippen LogP contribution is -2.47. The fourth-order valence-electron chi connectivity index (χ4n) is 2.14. The highest BCUT2D eigenvalue weighted by Crippen LogP contribution is 2.25. The highest BCUT2D eigenvalue weighted by molar-refractivity contribution is 7.91. The molecule has 0 bridgehead atoms. The number of aryl methyl sites for hydroxylation is 1. The summed E-state index contributed by atoms with van der Waals surface area (Å²) >= 11 is 0. The van der Waals surface area contributed by atoms with Gasteiger partial charge in [-0.1, -0.05) is 0 Å². The van der Waals surface area contributed by atoms with E-state index in [1.807, 2.05) is 13.8 Å². The van der Waals surface area contributed by atoms with Gasteiger partial charge in [0, 0.05) is 41.7 Å². The van der Waals surface area contributed by atoms with Crippen molar-refractivity contribution in [2.45, 2.75) is 38.5 Å². The van der Waals surface area contributed by atoms with Crippen molar-refractivity contribution in [3.05, 3.63) is 23.0 Å². The third-order valence-corrected chi connectivity index (χ3v) is 5.30. The second-order valence-electron chi connectivity index (χ2n) is 5.06. The molecular weight excluding hydrogens is 278 g/mol. The summed E-state index contributed by atoms with van der Waals surface area (Å²) in [6.45, 7) is 5.47. The van der Waals surface area contributed by atoms with Gasteiger partial charge < -0.3 is 4.74 Å². The molecule has 0 aromatic carbocycles. The Morgan fingerprint density at radius 2 is 2.05 bits per heavy atom. The molecule has 2 atom stereocenters. The van der Waals surface area contributed by atoms with Crippen LogP contribution in [-0.2, 0) is 16.3 Å². The summed E-state index contributed by atoms with van der Waals surface area (Å²) in [6.07, 6.45) is 3.35. The molecular formula is C13H23N3O3S. The van der Waals surface area contributed by atoms with Gasteiger partial charge in [0.05, 0.1) is 12.4 Å². The van der Waals surface area contributed by atoms with Crippen LogP contribution in [0.5, 0.6) is 5.75 Å². The summed E-state index contributed by atoms with van der Waals surface area (Å²) in [5.74, 6) is 6.27. The Bertz CT molecular complexity index is 572. The quantitative estimate of drug-likeness (QED) is 0.587. The lowest BCUT2D eigenvalue weighted by molar-refractivity contribution is 0.405. The number of rotatable bonds is 6. The molecule has 1 rings (SSSR count). The van der Waals surface area contributed by atoms with Gasteiger partial charge in [-0.05, 0) is 20.8 Å². The van der Waals surface area contributed by atoms with Crippen molar-refractivity contribution in [3.63, 3.8) is 0 Å². The largest absolute Gasteiger partial charge is 0.496 e. The van der Waals surface area contributed by atoms with Crippen LogP contribution in [-0.4, -0.2) is 38.1 Å². The van der Waals surface area contributed by atoms with Crippen molar-refractivity contribution in [3.8, 4) is 5.75 Å². The predicted octanol–water partition coefficient (Wildman–Crippen LogP) is 0.515. The maximum atomic E-state index is 11.6. The van der Waals surface area contributed by atoms with E-state index in [0.29, 0.717) is 6.42 Å². The molecule has 0 aliphatic rings. The molecule has 1 heterocycles. The van der Waals surface area contributed by atoms with E-state index in [2.05, 4.69) is 10.4 Å². The van der Waals surface area contributed by atoms with E-state index in [0.717, 1.165) is 22.6 Å². The molecule has 0 aliphatic carbocycles. The van der Waals surface area contributed by atoms with Crippen molar-refractivity contribution in [2.75, 3.05) is 13.4 Å². The molecule has 0 radical (unpaired) electrons. The average Bonchev–Trinajstić information content (AvgIpc) is 2.37. The fourth-order valence-corrected chi connectivity index (χ4v) is 2.92. The number of methoxy groups -OCH3 is 1. The van der Waals surface area contributed by atoms with E-state index in [1.165, 1.54) is 6.26 Å². The highest BCUT2D eigenvalue weighted by Gasteiger charge is 2.26. The van der Waals surface area contributed by atoms with E-state index in [1.54, 1.807) is 20.2 Å². The third kappa shape index (κ3) is 3.68. The summed E-state index contributed by atoms with van der Waals surface area (Å²) in [6, 6.07) is -0.399. The number of hydrogen-bond acceptors (Lipinski definition) is 6. The van der Waals surface area contributed by atoms with Crippen LogP contribution >= 0.6 is 0 Å². The number of nitrogens with zero attached hydrogens (tertiary/aromatic N) is 1. The van der Waals surface area contributed by atoms with Gasteiger partial charge in [0.2, 0.25) is 0 Å². The molecule has 1 aromatic heterocycles. The minimum atomic E-state index is -3.17. The first-order valence-electron chi connectivity index (χ1n) is 6.36. The first kappa shape index (κ1) is 16.9. The molecule has 0 saturated carbocycles. The molecule has 7 heteroatoms. The van der Waals surface area contributed by atoms with Crippen LogP contribution in [0.4, 0.5) is 0 Å². The Morgan fingerprint density at radius 3 is 2.50 bits per heavy atom. The molecule has 20 heavy (non-hydrogen) atoms. The maximum Gasteiger partial charge on any atom is 0.151 e. The summed E-state index contributed by atoms with van der Waals surface area (Å²) in [5, 5.41) is -0.596. The first-order valence-corrected chi connectivity index (χ1v) is 8.31. The van der Waals surface area contributed by atoms with Crippen LogP contribution in [0.3, 0.4) is 0 Å². The van der Waals surface area contributed by atoms with Crippen molar-refractivity contribution in [1.29, 1.82) is 0 Å². The van der Waals surface area contributed by atoms with Gasteiger partial charge in [-0.25, -0.2) is 8.42 Å². The van der Waals surface area contributed by atoms with Crippen LogP contribution in [0, 0.1) is 13.8 Å². The number of nitrogens with one attached hydrogen (secondary N) is 1. The number of hydrazine groups is 1. The highest BCUT2D eigenvalue weighted by atomic mass is 32.2. The minimum absolute atomic E-state index is 0.399. The number of pyridine rings is 1. The van der Waals surface area contributed by atoms with Gasteiger partial charge >= 0.3 is 0 Å². The molecule has 0 aliphatic heterocycles. The fraction of sp³-hybridized carbons (Fsp3) is 0.615. The third-order valence-electron chi connectivity index (χ3n) is 3.62. The second kappa shape index (κ2) is 6.51. The van der Waals surface area contributed by atoms with E-state index in [4.69, 9.17) is 10.6 Å². The van der Waals surface area contributed by atoms with Gasteiger partial charge in [-0.2, -0.15) is 0 Å². The molecule has 6 nitrogen and oxygen atoms in total. The standard InChI is InChI=1S/C13H23N3O3S/c1-8-7-15-11(9(2)13(8)19-4)6-12(16-14)10(3)20(5,17)18/h7,10,12,16H,6,14H2,1-5H3. The van der Waals surface area contributed by atoms with E-state index < -0.39 is 21.1 Å². The van der Waals surface area contributed by atoms with Crippen LogP contribution in [0.2, 0.25) is 0 Å². The first-order chi connectivity index (χ1) is 9.22. The predicted molar refractivity (Wildman–Crippen MR) is 79.4 cm³/mol. The number of aromatic nitrogens is 1. The molecule has 3 N–H and O–H groups in total. The maximum absolute atomic E-state index is 11.6. The topological polar surface area (TPSA) is 94.3 Å². The van der Waals surface area contributed by atoms with Crippen LogP contribution in [0.15, 0.2) is 6.20 Å². The minimum Gasteiger partial charge on any atom is -0.496 e. The monoisotopic (exact) mass is 301 g/mol. The SMILES string of the molecule is COc1c(C)cnc(CC(NN)C(C)S(C)(=O)=O)c1C. The number of ether oxygens (including phenoxy) is 1. The number of nitrogens with two attached hydrogens (primary N) is 1. The van der Waals surface area contributed by atoms with Gasteiger partial charge in [-0.15, -0.1) is 0 Å². The number of sulfone groups is 1. The summed E-state index contributed by atoms with van der Waals surface area (Å²) in [7, 11) is -1.56. The van der Waals surface area contributed by atoms with E-state index in [9.17, 15) is 8.42 Å². The Kier molecular flexibility index (Phi) is 5.50. The van der Waals surface area contributed by atoms with Crippen molar-refractivity contribution in [1.82, 2.24) is 10.4 Å². The Labute approximate surface area is 120 Å². The van der Waals surface area contributed by atoms with E-state index >= 15 is 0 Å². The Morgan fingerprint density at radius 1 is 1.45 bits per heavy atom. The summed E-state index contributed by atoms with van der Waals surface area (Å²) in [4.78, 5) is 4.37. The van der Waals surface area contributed by atoms with Crippen molar-refractivity contribution >= 4 is 9.84 Å². The second-order valence-corrected chi connectivity index (χ2v) is 7.46. The van der Waals surface area contributed by atoms with Gasteiger partial charge in [0.25, 0.3) is 0 Å². The average molecular weight is 301 g/mol. The Hall–Kier alpha value is -1.18. The molecule has 0 amide bonds. The van der Waals surface area contributed by atoms with Crippen molar-refractivity contribution < 1.29 is 13.2 Å². The zero-order valence-electron chi connectivity index (χ0n) is 12.6. The molecule has 0 fully saturated rings. The lowest BCUT2D eigenvalue weighted by Gasteiger charge is -2.22. The lowest BCUT2D eigenvalue weighted by atomic mass is 10.0. The van der Waals surface area contributed by atoms with Gasteiger partial charge in [0.15, 0.2) is 9.84 Å². The van der Waals surface area contributed by atoms with Crippen molar-refractivity contribution in [2.24, 2.45) is 5.84 Å². The van der Waals surface area contributed by atoms with Gasteiger partial charge in [-0.3, -0.25) is 16.3 Å². The smallest absolute Gasteiger partial charge is 0.151 e. The van der Waals surface area contributed by atoms with Gasteiger partial charge in [0.1, 0.15) is 5.75 Å². The van der Waals surface area contributed by atoms with Crippen LogP contribution < -0.4 is 16.0 Å².